The molecule has 31 heavy (non-hydrogen) atoms. The van der Waals surface area contributed by atoms with Crippen LogP contribution in [0, 0.1) is 17.1 Å². The molecule has 2 aromatic heterocycles. The maximum Gasteiger partial charge on any atom is 0.254 e. The Kier molecular flexibility index (Phi) is 5.73. The van der Waals surface area contributed by atoms with Crippen molar-refractivity contribution < 1.29 is 9.18 Å². The number of rotatable bonds is 7. The lowest BCUT2D eigenvalue weighted by molar-refractivity contribution is 0.0961. The summed E-state index contributed by atoms with van der Waals surface area (Å²) in [4.78, 5) is 17.6. The summed E-state index contributed by atoms with van der Waals surface area (Å²) in [6.45, 7) is 2.42. The third-order valence-electron chi connectivity index (χ3n) is 5.82. The number of aromatic nitrogens is 3. The second-order valence-electron chi connectivity index (χ2n) is 7.86. The summed E-state index contributed by atoms with van der Waals surface area (Å²) in [5.74, 6) is -0.678. The number of anilines is 2. The number of hydrogen-bond donors (Lipinski definition) is 3. The van der Waals surface area contributed by atoms with E-state index in [1.54, 1.807) is 23.0 Å². The van der Waals surface area contributed by atoms with Gasteiger partial charge in [0.1, 0.15) is 11.4 Å². The zero-order valence-electron chi connectivity index (χ0n) is 17.0. The van der Waals surface area contributed by atoms with E-state index in [9.17, 15) is 14.4 Å². The lowest BCUT2D eigenvalue weighted by atomic mass is 9.85. The first-order chi connectivity index (χ1) is 15.0. The fourth-order valence-electron chi connectivity index (χ4n) is 4.03. The summed E-state index contributed by atoms with van der Waals surface area (Å²) < 4.78 is 14.9. The van der Waals surface area contributed by atoms with Crippen molar-refractivity contribution >= 4 is 17.4 Å². The maximum absolute atomic E-state index is 13.2. The number of piperidine rings is 1. The number of primary amides is 1. The average molecular weight is 421 g/mol. The summed E-state index contributed by atoms with van der Waals surface area (Å²) in [7, 11) is 0. The van der Waals surface area contributed by atoms with Crippen LogP contribution in [0.4, 0.5) is 15.9 Å². The second-order valence-corrected chi connectivity index (χ2v) is 7.86. The number of amides is 1. The molecule has 1 aromatic carbocycles. The van der Waals surface area contributed by atoms with Gasteiger partial charge in [-0.25, -0.2) is 4.39 Å². The van der Waals surface area contributed by atoms with Gasteiger partial charge in [0.2, 0.25) is 0 Å². The standard InChI is InChI=1S/C22H24FN7O/c23-16-3-5-17(6-4-16)27-21-19(20(25)31)15-30(28-21)22(7-10-24)8-12-29(13-9-22)14-18-2-1-11-26-18/h1-6,11,15,26H,7-9,12-14H2,(H2,25,31)(H,27,28). The van der Waals surface area contributed by atoms with Crippen LogP contribution in [0.2, 0.25) is 0 Å². The molecule has 160 valence electrons. The molecule has 4 rings (SSSR count). The van der Waals surface area contributed by atoms with Gasteiger partial charge in [-0.05, 0) is 49.2 Å². The number of nitrogens with two attached hydrogens (primary N) is 1. The molecule has 8 nitrogen and oxygen atoms in total. The Morgan fingerprint density at radius 2 is 2.03 bits per heavy atom. The average Bonchev–Trinajstić information content (AvgIpc) is 3.42. The number of nitriles is 1. The van der Waals surface area contributed by atoms with Crippen molar-refractivity contribution in [1.82, 2.24) is 19.7 Å². The van der Waals surface area contributed by atoms with Crippen molar-refractivity contribution in [3.05, 3.63) is 65.9 Å². The number of aromatic amines is 1. The molecule has 3 aromatic rings. The van der Waals surface area contributed by atoms with E-state index in [1.807, 2.05) is 12.3 Å². The molecule has 0 saturated carbocycles. The molecule has 0 radical (unpaired) electrons. The Morgan fingerprint density at radius 3 is 2.65 bits per heavy atom. The predicted molar refractivity (Wildman–Crippen MR) is 114 cm³/mol. The molecule has 1 saturated heterocycles. The van der Waals surface area contributed by atoms with Crippen LogP contribution in [-0.2, 0) is 12.1 Å². The molecule has 0 bridgehead atoms. The monoisotopic (exact) mass is 421 g/mol. The van der Waals surface area contributed by atoms with Crippen LogP contribution >= 0.6 is 0 Å². The largest absolute Gasteiger partial charge is 0.365 e. The highest BCUT2D eigenvalue weighted by atomic mass is 19.1. The Balaban J connectivity index is 1.57. The van der Waals surface area contributed by atoms with Gasteiger partial charge in [0.15, 0.2) is 5.82 Å². The first kappa shape index (κ1) is 20.6. The number of nitrogens with zero attached hydrogens (tertiary/aromatic N) is 4. The first-order valence-electron chi connectivity index (χ1n) is 10.1. The number of halogens is 1. The third kappa shape index (κ3) is 4.44. The van der Waals surface area contributed by atoms with E-state index in [-0.39, 0.29) is 17.8 Å². The van der Waals surface area contributed by atoms with Crippen LogP contribution in [-0.4, -0.2) is 38.7 Å². The fourth-order valence-corrected chi connectivity index (χ4v) is 4.03. The summed E-state index contributed by atoms with van der Waals surface area (Å²) in [5.41, 5.74) is 7.03. The van der Waals surface area contributed by atoms with Gasteiger partial charge >= 0.3 is 0 Å². The van der Waals surface area contributed by atoms with Crippen LogP contribution in [0.1, 0.15) is 35.3 Å². The van der Waals surface area contributed by atoms with Gasteiger partial charge in [0.05, 0.1) is 18.0 Å². The number of likely N-dealkylation sites (tertiary alicyclic amines) is 1. The summed E-state index contributed by atoms with van der Waals surface area (Å²) >= 11 is 0. The van der Waals surface area contributed by atoms with Gasteiger partial charge in [0, 0.05) is 43.4 Å². The number of H-pyrrole nitrogens is 1. The molecule has 3 heterocycles. The van der Waals surface area contributed by atoms with E-state index in [0.717, 1.165) is 38.2 Å². The molecular weight excluding hydrogens is 397 g/mol. The van der Waals surface area contributed by atoms with Crippen LogP contribution in [0.3, 0.4) is 0 Å². The Morgan fingerprint density at radius 1 is 1.29 bits per heavy atom. The van der Waals surface area contributed by atoms with E-state index in [2.05, 4.69) is 32.4 Å². The molecule has 9 heteroatoms. The number of nitrogens with one attached hydrogen (secondary N) is 2. The molecule has 1 aliphatic heterocycles. The van der Waals surface area contributed by atoms with E-state index in [1.165, 1.54) is 12.1 Å². The van der Waals surface area contributed by atoms with Gasteiger partial charge < -0.3 is 16.0 Å². The van der Waals surface area contributed by atoms with E-state index >= 15 is 0 Å². The maximum atomic E-state index is 13.2. The lowest BCUT2D eigenvalue weighted by Gasteiger charge is -2.40. The second kappa shape index (κ2) is 8.62. The Bertz CT molecular complexity index is 1070. The van der Waals surface area contributed by atoms with Crippen LogP contribution < -0.4 is 11.1 Å². The van der Waals surface area contributed by atoms with Gasteiger partial charge in [0.25, 0.3) is 5.91 Å². The molecule has 0 atom stereocenters. The van der Waals surface area contributed by atoms with Gasteiger partial charge in [-0.1, -0.05) is 0 Å². The predicted octanol–water partition coefficient (Wildman–Crippen LogP) is 3.10. The topological polar surface area (TPSA) is 116 Å². The van der Waals surface area contributed by atoms with E-state index in [0.29, 0.717) is 11.5 Å². The number of carbonyl (C=O) groups is 1. The highest BCUT2D eigenvalue weighted by molar-refractivity contribution is 5.98. The highest BCUT2D eigenvalue weighted by Crippen LogP contribution is 2.35. The minimum Gasteiger partial charge on any atom is -0.365 e. The normalized spacial score (nSPS) is 16.0. The van der Waals surface area contributed by atoms with Crippen molar-refractivity contribution in [3.63, 3.8) is 0 Å². The molecular formula is C22H24FN7O. The quantitative estimate of drug-likeness (QED) is 0.542. The van der Waals surface area contributed by atoms with Crippen molar-refractivity contribution in [3.8, 4) is 6.07 Å². The van der Waals surface area contributed by atoms with E-state index in [4.69, 9.17) is 5.73 Å². The van der Waals surface area contributed by atoms with Gasteiger partial charge in [-0.3, -0.25) is 14.4 Å². The minimum absolute atomic E-state index is 0.232. The lowest BCUT2D eigenvalue weighted by Crippen LogP contribution is -2.46. The molecule has 0 spiro atoms. The van der Waals surface area contributed by atoms with Crippen molar-refractivity contribution in [2.45, 2.75) is 31.3 Å². The van der Waals surface area contributed by atoms with Crippen molar-refractivity contribution in [2.75, 3.05) is 18.4 Å². The molecule has 0 unspecified atom stereocenters. The molecule has 0 aliphatic carbocycles. The van der Waals surface area contributed by atoms with Crippen LogP contribution in [0.25, 0.3) is 0 Å². The van der Waals surface area contributed by atoms with Gasteiger partial charge in [-0.2, -0.15) is 10.4 Å². The Hall–Kier alpha value is -3.64. The SMILES string of the molecule is N#CCC1(n2cc(C(N)=O)c(Nc3ccc(F)cc3)n2)CCN(Cc2ccc[nH]2)CC1. The molecule has 1 amide bonds. The molecule has 1 aliphatic rings. The summed E-state index contributed by atoms with van der Waals surface area (Å²) in [6.07, 6.45) is 5.24. The van der Waals surface area contributed by atoms with Crippen LogP contribution in [0.5, 0.6) is 0 Å². The van der Waals surface area contributed by atoms with Crippen molar-refractivity contribution in [2.24, 2.45) is 5.73 Å². The van der Waals surface area contributed by atoms with Crippen LogP contribution in [0.15, 0.2) is 48.8 Å². The first-order valence-corrected chi connectivity index (χ1v) is 10.1. The summed E-state index contributed by atoms with van der Waals surface area (Å²) in [6, 6.07) is 12.1. The molecule has 1 fully saturated rings. The fraction of sp³-hybridized carbons (Fsp3) is 0.318. The summed E-state index contributed by atoms with van der Waals surface area (Å²) in [5, 5.41) is 17.2. The van der Waals surface area contributed by atoms with Crippen molar-refractivity contribution in [1.29, 1.82) is 5.26 Å². The smallest absolute Gasteiger partial charge is 0.254 e. The Labute approximate surface area is 179 Å². The number of hydrogen-bond acceptors (Lipinski definition) is 5. The molecule has 4 N–H and O–H groups in total. The third-order valence-corrected chi connectivity index (χ3v) is 5.82. The zero-order valence-corrected chi connectivity index (χ0v) is 17.0. The minimum atomic E-state index is -0.618. The highest BCUT2D eigenvalue weighted by Gasteiger charge is 2.38. The van der Waals surface area contributed by atoms with E-state index < -0.39 is 11.4 Å². The zero-order chi connectivity index (χ0) is 21.8. The number of carbonyl (C=O) groups excluding carboxylic acids is 1. The number of benzene rings is 1. The van der Waals surface area contributed by atoms with Gasteiger partial charge in [-0.15, -0.1) is 0 Å².